The molecule has 0 aliphatic carbocycles. The fourth-order valence-electron chi connectivity index (χ4n) is 3.80. The highest BCUT2D eigenvalue weighted by Crippen LogP contribution is 2.25. The molecule has 2 heterocycles. The molecule has 0 spiro atoms. The van der Waals surface area contributed by atoms with E-state index in [1.165, 1.54) is 0 Å². The summed E-state index contributed by atoms with van der Waals surface area (Å²) in [4.78, 5) is 15.9. The van der Waals surface area contributed by atoms with Gasteiger partial charge in [-0.25, -0.2) is 4.39 Å². The number of piperidine rings is 2. The third-order valence-corrected chi connectivity index (χ3v) is 5.19. The molecule has 2 unspecified atom stereocenters. The van der Waals surface area contributed by atoms with Gasteiger partial charge < -0.3 is 14.5 Å². The topological polar surface area (TPSA) is 32.8 Å². The van der Waals surface area contributed by atoms with Gasteiger partial charge in [0.15, 0.2) is 0 Å². The van der Waals surface area contributed by atoms with Gasteiger partial charge >= 0.3 is 0 Å². The van der Waals surface area contributed by atoms with Crippen molar-refractivity contribution in [2.45, 2.75) is 77.7 Å². The molecule has 2 aliphatic rings. The Morgan fingerprint density at radius 2 is 1.83 bits per heavy atom. The Bertz CT molecular complexity index is 403. The summed E-state index contributed by atoms with van der Waals surface area (Å²) in [7, 11) is 0. The lowest BCUT2D eigenvalue weighted by molar-refractivity contribution is -0.132. The van der Waals surface area contributed by atoms with Crippen LogP contribution >= 0.6 is 0 Å². The number of likely N-dealkylation sites (tertiary alicyclic amines) is 2. The van der Waals surface area contributed by atoms with E-state index in [0.29, 0.717) is 18.9 Å². The number of halogens is 1. The van der Waals surface area contributed by atoms with E-state index in [-0.39, 0.29) is 17.6 Å². The van der Waals surface area contributed by atoms with Gasteiger partial charge in [-0.15, -0.1) is 0 Å². The quantitative estimate of drug-likeness (QED) is 0.769. The number of hydrogen-bond acceptors (Lipinski definition) is 3. The van der Waals surface area contributed by atoms with Crippen molar-refractivity contribution in [2.75, 3.05) is 32.7 Å². The van der Waals surface area contributed by atoms with Crippen LogP contribution in [0.4, 0.5) is 4.39 Å². The van der Waals surface area contributed by atoms with Gasteiger partial charge in [0.2, 0.25) is 5.91 Å². The van der Waals surface area contributed by atoms with E-state index in [4.69, 9.17) is 4.74 Å². The Kier molecular flexibility index (Phi) is 7.05. The highest BCUT2D eigenvalue weighted by atomic mass is 19.1. The van der Waals surface area contributed by atoms with Crippen LogP contribution in [0.25, 0.3) is 0 Å². The second-order valence-corrected chi connectivity index (χ2v) is 8.34. The van der Waals surface area contributed by atoms with Gasteiger partial charge in [0.1, 0.15) is 6.17 Å². The fraction of sp³-hybridized carbons (Fsp3) is 0.947. The highest BCUT2D eigenvalue weighted by molar-refractivity contribution is 5.75. The van der Waals surface area contributed by atoms with Crippen molar-refractivity contribution >= 4 is 5.91 Å². The van der Waals surface area contributed by atoms with Crippen LogP contribution in [0, 0.1) is 5.92 Å². The molecule has 2 fully saturated rings. The molecule has 2 rings (SSSR count). The maximum absolute atomic E-state index is 14.4. The zero-order valence-electron chi connectivity index (χ0n) is 15.9. The molecule has 0 aromatic carbocycles. The predicted molar refractivity (Wildman–Crippen MR) is 94.8 cm³/mol. The molecular weight excluding hydrogens is 307 g/mol. The van der Waals surface area contributed by atoms with Crippen LogP contribution in [-0.4, -0.2) is 66.3 Å². The molecule has 2 atom stereocenters. The van der Waals surface area contributed by atoms with E-state index in [1.54, 1.807) is 0 Å². The Morgan fingerprint density at radius 3 is 2.38 bits per heavy atom. The minimum absolute atomic E-state index is 0.260. The largest absolute Gasteiger partial charge is 0.370 e. The zero-order valence-corrected chi connectivity index (χ0v) is 15.9. The number of amides is 1. The van der Waals surface area contributed by atoms with Gasteiger partial charge in [0.05, 0.1) is 11.7 Å². The second-order valence-electron chi connectivity index (χ2n) is 8.34. The van der Waals surface area contributed by atoms with Gasteiger partial charge in [-0.2, -0.15) is 0 Å². The first-order valence-electron chi connectivity index (χ1n) is 9.60. The van der Waals surface area contributed by atoms with E-state index in [2.05, 4.69) is 4.90 Å². The third kappa shape index (κ3) is 5.99. The first kappa shape index (κ1) is 19.6. The first-order valence-corrected chi connectivity index (χ1v) is 9.60. The molecule has 0 bridgehead atoms. The maximum Gasteiger partial charge on any atom is 0.222 e. The lowest BCUT2D eigenvalue weighted by Gasteiger charge is -2.38. The van der Waals surface area contributed by atoms with Crippen molar-refractivity contribution in [3.8, 4) is 0 Å². The molecule has 0 N–H and O–H groups in total. The first-order chi connectivity index (χ1) is 11.3. The zero-order chi connectivity index (χ0) is 17.7. The molecule has 140 valence electrons. The average molecular weight is 342 g/mol. The summed E-state index contributed by atoms with van der Waals surface area (Å²) in [6.45, 7) is 12.1. The molecule has 0 aromatic heterocycles. The summed E-state index contributed by atoms with van der Waals surface area (Å²) in [6.07, 6.45) is 3.54. The standard InChI is InChI=1S/C19H35FN2O2/c1-5-18(23)22-12-7-15(8-13-22)6-10-21-11-9-17(16(20)14-21)24-19(2,3)4/h15-17H,5-14H2,1-4H3. The van der Waals surface area contributed by atoms with Crippen molar-refractivity contribution in [1.82, 2.24) is 9.80 Å². The van der Waals surface area contributed by atoms with E-state index in [9.17, 15) is 9.18 Å². The number of rotatable bonds is 5. The fourth-order valence-corrected chi connectivity index (χ4v) is 3.80. The molecule has 0 aromatic rings. The second kappa shape index (κ2) is 8.61. The van der Waals surface area contributed by atoms with Crippen molar-refractivity contribution in [2.24, 2.45) is 5.92 Å². The Morgan fingerprint density at radius 1 is 1.17 bits per heavy atom. The molecule has 0 radical (unpaired) electrons. The molecule has 5 heteroatoms. The van der Waals surface area contributed by atoms with Crippen LogP contribution in [0.1, 0.15) is 59.8 Å². The minimum atomic E-state index is -0.887. The molecule has 0 saturated carbocycles. The number of alkyl halides is 1. The van der Waals surface area contributed by atoms with Crippen molar-refractivity contribution in [1.29, 1.82) is 0 Å². The Balaban J connectivity index is 1.67. The van der Waals surface area contributed by atoms with Crippen LogP contribution in [-0.2, 0) is 9.53 Å². The third-order valence-electron chi connectivity index (χ3n) is 5.19. The summed E-state index contributed by atoms with van der Waals surface area (Å²) in [6, 6.07) is 0. The maximum atomic E-state index is 14.4. The summed E-state index contributed by atoms with van der Waals surface area (Å²) in [5.41, 5.74) is -0.277. The number of carbonyl (C=O) groups excluding carboxylic acids is 1. The lowest BCUT2D eigenvalue weighted by Crippen LogP contribution is -2.48. The van der Waals surface area contributed by atoms with Crippen molar-refractivity contribution in [3.63, 3.8) is 0 Å². The molecule has 4 nitrogen and oxygen atoms in total. The van der Waals surface area contributed by atoms with E-state index in [0.717, 1.165) is 51.9 Å². The molecular formula is C19H35FN2O2. The summed E-state index contributed by atoms with van der Waals surface area (Å²) in [5, 5.41) is 0. The van der Waals surface area contributed by atoms with Gasteiger partial charge in [-0.1, -0.05) is 6.92 Å². The highest BCUT2D eigenvalue weighted by Gasteiger charge is 2.33. The summed E-state index contributed by atoms with van der Waals surface area (Å²) < 4.78 is 20.2. The van der Waals surface area contributed by atoms with E-state index < -0.39 is 6.17 Å². The summed E-state index contributed by atoms with van der Waals surface area (Å²) in [5.74, 6) is 0.946. The predicted octanol–water partition coefficient (Wildman–Crippen LogP) is 3.25. The SMILES string of the molecule is CCC(=O)N1CCC(CCN2CCC(OC(C)(C)C)C(F)C2)CC1. The number of carbonyl (C=O) groups is 1. The number of ether oxygens (including phenoxy) is 1. The van der Waals surface area contributed by atoms with Crippen LogP contribution in [0.3, 0.4) is 0 Å². The smallest absolute Gasteiger partial charge is 0.222 e. The van der Waals surface area contributed by atoms with Crippen molar-refractivity contribution in [3.05, 3.63) is 0 Å². The van der Waals surface area contributed by atoms with E-state index >= 15 is 0 Å². The monoisotopic (exact) mass is 342 g/mol. The number of hydrogen-bond donors (Lipinski definition) is 0. The van der Waals surface area contributed by atoms with Crippen LogP contribution in [0.2, 0.25) is 0 Å². The van der Waals surface area contributed by atoms with Crippen LogP contribution in [0.15, 0.2) is 0 Å². The average Bonchev–Trinajstić information content (AvgIpc) is 2.54. The minimum Gasteiger partial charge on any atom is -0.370 e. The van der Waals surface area contributed by atoms with E-state index in [1.807, 2.05) is 32.6 Å². The Labute approximate surface area is 146 Å². The Hall–Kier alpha value is -0.680. The van der Waals surface area contributed by atoms with Gasteiger partial charge in [-0.3, -0.25) is 4.79 Å². The normalized spacial score (nSPS) is 27.5. The molecule has 2 saturated heterocycles. The van der Waals surface area contributed by atoms with Gasteiger partial charge in [0, 0.05) is 32.6 Å². The van der Waals surface area contributed by atoms with Crippen molar-refractivity contribution < 1.29 is 13.9 Å². The molecule has 1 amide bonds. The van der Waals surface area contributed by atoms with Crippen LogP contribution in [0.5, 0.6) is 0 Å². The van der Waals surface area contributed by atoms with Gasteiger partial charge in [-0.05, 0) is 58.9 Å². The summed E-state index contributed by atoms with van der Waals surface area (Å²) >= 11 is 0. The number of nitrogens with zero attached hydrogens (tertiary/aromatic N) is 2. The molecule has 24 heavy (non-hydrogen) atoms. The molecule has 2 aliphatic heterocycles. The lowest BCUT2D eigenvalue weighted by atomic mass is 9.92. The van der Waals surface area contributed by atoms with Gasteiger partial charge in [0.25, 0.3) is 0 Å². The van der Waals surface area contributed by atoms with Crippen LogP contribution < -0.4 is 0 Å².